The van der Waals surface area contributed by atoms with E-state index in [9.17, 15) is 4.79 Å². The summed E-state index contributed by atoms with van der Waals surface area (Å²) in [5.41, 5.74) is 2.09. The summed E-state index contributed by atoms with van der Waals surface area (Å²) in [6.07, 6.45) is 1.05. The maximum Gasteiger partial charge on any atom is 0.306 e. The number of hydrogen-bond acceptors (Lipinski definition) is 5. The highest BCUT2D eigenvalue weighted by Crippen LogP contribution is 2.18. The summed E-state index contributed by atoms with van der Waals surface area (Å²) in [4.78, 5) is 17.0. The molecule has 22 heavy (non-hydrogen) atoms. The molecule has 2 aromatic rings. The van der Waals surface area contributed by atoms with Crippen LogP contribution in [0.2, 0.25) is 0 Å². The zero-order valence-corrected chi connectivity index (χ0v) is 13.8. The van der Waals surface area contributed by atoms with Crippen molar-refractivity contribution in [1.82, 2.24) is 4.98 Å². The summed E-state index contributed by atoms with van der Waals surface area (Å²) in [7, 11) is 0. The number of esters is 1. The largest absolute Gasteiger partial charge is 0.460 e. The molecule has 1 aromatic heterocycles. The van der Waals surface area contributed by atoms with E-state index in [-0.39, 0.29) is 5.97 Å². The van der Waals surface area contributed by atoms with Crippen LogP contribution < -0.4 is 0 Å². The van der Waals surface area contributed by atoms with Crippen molar-refractivity contribution in [1.29, 1.82) is 0 Å². The Morgan fingerprint density at radius 2 is 1.95 bits per heavy atom. The summed E-state index contributed by atoms with van der Waals surface area (Å²) >= 11 is 1.57. The van der Waals surface area contributed by atoms with Crippen molar-refractivity contribution in [2.75, 3.05) is 6.61 Å². The van der Waals surface area contributed by atoms with E-state index in [2.05, 4.69) is 4.98 Å². The van der Waals surface area contributed by atoms with Crippen molar-refractivity contribution in [3.05, 3.63) is 51.5 Å². The lowest BCUT2D eigenvalue weighted by Gasteiger charge is -2.05. The number of aryl methyl sites for hydroxylation is 2. The SMILES string of the molecule is Cc1nc(C)c(COC(=O)CCCOCc2ccccc2)s1. The molecule has 4 nitrogen and oxygen atoms in total. The number of benzene rings is 1. The van der Waals surface area contributed by atoms with E-state index in [0.29, 0.717) is 32.7 Å². The fourth-order valence-electron chi connectivity index (χ4n) is 2.01. The molecule has 0 radical (unpaired) electrons. The van der Waals surface area contributed by atoms with Crippen LogP contribution in [0.25, 0.3) is 0 Å². The summed E-state index contributed by atoms with van der Waals surface area (Å²) in [5, 5.41) is 0.998. The Labute approximate surface area is 135 Å². The van der Waals surface area contributed by atoms with Crippen molar-refractivity contribution < 1.29 is 14.3 Å². The van der Waals surface area contributed by atoms with Gasteiger partial charge in [-0.15, -0.1) is 11.3 Å². The fraction of sp³-hybridized carbons (Fsp3) is 0.412. The molecule has 5 heteroatoms. The van der Waals surface area contributed by atoms with Gasteiger partial charge in [0.05, 0.1) is 22.2 Å². The van der Waals surface area contributed by atoms with Crippen LogP contribution in [0.15, 0.2) is 30.3 Å². The predicted octanol–water partition coefficient (Wildman–Crippen LogP) is 3.80. The highest BCUT2D eigenvalue weighted by Gasteiger charge is 2.08. The zero-order valence-electron chi connectivity index (χ0n) is 13.0. The van der Waals surface area contributed by atoms with E-state index in [4.69, 9.17) is 9.47 Å². The van der Waals surface area contributed by atoms with E-state index in [1.54, 1.807) is 11.3 Å². The zero-order chi connectivity index (χ0) is 15.8. The van der Waals surface area contributed by atoms with Crippen LogP contribution >= 0.6 is 11.3 Å². The molecule has 0 unspecified atom stereocenters. The number of thiazole rings is 1. The maximum atomic E-state index is 11.7. The second-order valence-corrected chi connectivity index (χ2v) is 6.33. The van der Waals surface area contributed by atoms with E-state index < -0.39 is 0 Å². The molecule has 0 aliphatic rings. The van der Waals surface area contributed by atoms with Crippen LogP contribution in [0, 0.1) is 13.8 Å². The van der Waals surface area contributed by atoms with Crippen LogP contribution in [-0.2, 0) is 27.5 Å². The van der Waals surface area contributed by atoms with Gasteiger partial charge >= 0.3 is 5.97 Å². The minimum atomic E-state index is -0.186. The predicted molar refractivity (Wildman–Crippen MR) is 86.7 cm³/mol. The number of carbonyl (C=O) groups is 1. The van der Waals surface area contributed by atoms with Gasteiger partial charge in [0.2, 0.25) is 0 Å². The number of nitrogens with zero attached hydrogens (tertiary/aromatic N) is 1. The topological polar surface area (TPSA) is 48.4 Å². The third-order valence-electron chi connectivity index (χ3n) is 3.14. The molecule has 2 rings (SSSR count). The monoisotopic (exact) mass is 319 g/mol. The number of rotatable bonds is 8. The lowest BCUT2D eigenvalue weighted by molar-refractivity contribution is -0.145. The Morgan fingerprint density at radius 1 is 1.18 bits per heavy atom. The van der Waals surface area contributed by atoms with Crippen LogP contribution in [0.4, 0.5) is 0 Å². The van der Waals surface area contributed by atoms with Gasteiger partial charge in [-0.1, -0.05) is 30.3 Å². The summed E-state index contributed by atoms with van der Waals surface area (Å²) < 4.78 is 10.8. The average Bonchev–Trinajstić information content (AvgIpc) is 2.84. The van der Waals surface area contributed by atoms with Crippen molar-refractivity contribution in [2.24, 2.45) is 0 Å². The van der Waals surface area contributed by atoms with Crippen molar-refractivity contribution in [3.63, 3.8) is 0 Å². The molecular weight excluding hydrogens is 298 g/mol. The first kappa shape index (κ1) is 16.6. The maximum absolute atomic E-state index is 11.7. The summed E-state index contributed by atoms with van der Waals surface area (Å²) in [5.74, 6) is -0.186. The minimum absolute atomic E-state index is 0.186. The van der Waals surface area contributed by atoms with Crippen LogP contribution in [-0.4, -0.2) is 17.6 Å². The quantitative estimate of drug-likeness (QED) is 0.548. The molecule has 0 atom stereocenters. The lowest BCUT2D eigenvalue weighted by Crippen LogP contribution is -2.06. The van der Waals surface area contributed by atoms with Gasteiger partial charge in [0.15, 0.2) is 0 Å². The van der Waals surface area contributed by atoms with Gasteiger partial charge in [-0.3, -0.25) is 4.79 Å². The molecule has 0 bridgehead atoms. The molecule has 0 saturated carbocycles. The second-order valence-electron chi connectivity index (χ2n) is 5.04. The molecule has 118 valence electrons. The highest BCUT2D eigenvalue weighted by atomic mass is 32.1. The number of aromatic nitrogens is 1. The third kappa shape index (κ3) is 5.58. The van der Waals surface area contributed by atoms with Crippen molar-refractivity contribution >= 4 is 17.3 Å². The van der Waals surface area contributed by atoms with E-state index >= 15 is 0 Å². The Balaban J connectivity index is 1.57. The molecule has 0 fully saturated rings. The first-order chi connectivity index (χ1) is 10.6. The van der Waals surface area contributed by atoms with Gasteiger partial charge in [0.25, 0.3) is 0 Å². The van der Waals surface area contributed by atoms with Gasteiger partial charge < -0.3 is 9.47 Å². The Kier molecular flexibility index (Phi) is 6.55. The van der Waals surface area contributed by atoms with Gasteiger partial charge in [0.1, 0.15) is 6.61 Å². The highest BCUT2D eigenvalue weighted by molar-refractivity contribution is 7.11. The smallest absolute Gasteiger partial charge is 0.306 e. The minimum Gasteiger partial charge on any atom is -0.460 e. The first-order valence-electron chi connectivity index (χ1n) is 7.35. The van der Waals surface area contributed by atoms with Crippen LogP contribution in [0.1, 0.15) is 34.0 Å². The van der Waals surface area contributed by atoms with Crippen molar-refractivity contribution in [2.45, 2.75) is 39.9 Å². The molecule has 0 aliphatic carbocycles. The fourth-order valence-corrected chi connectivity index (χ4v) is 2.86. The third-order valence-corrected chi connectivity index (χ3v) is 4.19. The van der Waals surface area contributed by atoms with Gasteiger partial charge in [-0.05, 0) is 25.8 Å². The molecule has 0 spiro atoms. The lowest BCUT2D eigenvalue weighted by atomic mass is 10.2. The summed E-state index contributed by atoms with van der Waals surface area (Å²) in [6, 6.07) is 9.99. The van der Waals surface area contributed by atoms with Crippen molar-refractivity contribution in [3.8, 4) is 0 Å². The van der Waals surface area contributed by atoms with Gasteiger partial charge in [0, 0.05) is 13.0 Å². The van der Waals surface area contributed by atoms with E-state index in [1.807, 2.05) is 44.2 Å². The van der Waals surface area contributed by atoms with E-state index in [0.717, 1.165) is 21.1 Å². The standard InChI is InChI=1S/C17H21NO3S/c1-13-16(22-14(2)18-13)12-21-17(19)9-6-10-20-11-15-7-4-3-5-8-15/h3-5,7-8H,6,9-12H2,1-2H3. The molecular formula is C17H21NO3S. The second kappa shape index (κ2) is 8.66. The van der Waals surface area contributed by atoms with Crippen LogP contribution in [0.5, 0.6) is 0 Å². The molecule has 1 aromatic carbocycles. The summed E-state index contributed by atoms with van der Waals surface area (Å²) in [6.45, 7) is 5.34. The Bertz CT molecular complexity index is 595. The molecule has 0 aliphatic heterocycles. The molecule has 0 amide bonds. The van der Waals surface area contributed by atoms with Gasteiger partial charge in [-0.2, -0.15) is 0 Å². The normalized spacial score (nSPS) is 10.6. The van der Waals surface area contributed by atoms with E-state index in [1.165, 1.54) is 0 Å². The average molecular weight is 319 g/mol. The number of carbonyl (C=O) groups excluding carboxylic acids is 1. The number of ether oxygens (including phenoxy) is 2. The Hall–Kier alpha value is -1.72. The van der Waals surface area contributed by atoms with Crippen LogP contribution in [0.3, 0.4) is 0 Å². The molecule has 0 N–H and O–H groups in total. The number of hydrogen-bond donors (Lipinski definition) is 0. The first-order valence-corrected chi connectivity index (χ1v) is 8.17. The molecule has 0 saturated heterocycles. The van der Waals surface area contributed by atoms with Gasteiger partial charge in [-0.25, -0.2) is 4.98 Å². The Morgan fingerprint density at radius 3 is 2.64 bits per heavy atom. The molecule has 1 heterocycles.